The summed E-state index contributed by atoms with van der Waals surface area (Å²) in [5.41, 5.74) is 8.18. The zero-order valence-electron chi connectivity index (χ0n) is 32.3. The molecule has 0 bridgehead atoms. The van der Waals surface area contributed by atoms with Gasteiger partial charge in [-0.2, -0.15) is 0 Å². The fraction of sp³-hybridized carbons (Fsp3) is 0. The van der Waals surface area contributed by atoms with Crippen molar-refractivity contribution < 1.29 is 0 Å². The Morgan fingerprint density at radius 3 is 1.14 bits per heavy atom. The largest absolute Gasteiger partial charge is 0.310 e. The number of anilines is 3. The molecule has 0 heterocycles. The van der Waals surface area contributed by atoms with Gasteiger partial charge in [0, 0.05) is 17.1 Å². The number of benzene rings is 12. The summed E-state index contributed by atoms with van der Waals surface area (Å²) in [6, 6.07) is 82.7. The van der Waals surface area contributed by atoms with E-state index in [1.807, 2.05) is 0 Å². The third-order valence-electron chi connectivity index (χ3n) is 12.4. The van der Waals surface area contributed by atoms with Crippen LogP contribution in [0.1, 0.15) is 0 Å². The summed E-state index contributed by atoms with van der Waals surface area (Å²) in [6.45, 7) is 0. The second kappa shape index (κ2) is 13.4. The zero-order valence-corrected chi connectivity index (χ0v) is 32.3. The molecule has 0 amide bonds. The van der Waals surface area contributed by atoms with Crippen molar-refractivity contribution in [3.63, 3.8) is 0 Å². The van der Waals surface area contributed by atoms with Gasteiger partial charge in [-0.05, 0) is 146 Å². The van der Waals surface area contributed by atoms with Crippen molar-refractivity contribution in [2.24, 2.45) is 0 Å². The minimum Gasteiger partial charge on any atom is -0.310 e. The summed E-state index contributed by atoms with van der Waals surface area (Å²) in [7, 11) is 0. The molecule has 0 aromatic heterocycles. The van der Waals surface area contributed by atoms with Crippen LogP contribution in [-0.2, 0) is 0 Å². The maximum atomic E-state index is 2.43. The van der Waals surface area contributed by atoms with Crippen molar-refractivity contribution in [2.45, 2.75) is 0 Å². The van der Waals surface area contributed by atoms with Gasteiger partial charge in [0.15, 0.2) is 0 Å². The number of hydrogen-bond donors (Lipinski definition) is 0. The highest BCUT2D eigenvalue weighted by Gasteiger charge is 2.18. The molecule has 0 saturated heterocycles. The number of rotatable bonds is 5. The molecule has 0 spiro atoms. The topological polar surface area (TPSA) is 3.24 Å². The lowest BCUT2D eigenvalue weighted by atomic mass is 9.92. The molecule has 0 aliphatic heterocycles. The third kappa shape index (κ3) is 5.40. The average molecular weight is 748 g/mol. The van der Waals surface area contributed by atoms with Crippen molar-refractivity contribution in [1.29, 1.82) is 0 Å². The Hall–Kier alpha value is -7.74. The first-order valence-corrected chi connectivity index (χ1v) is 20.4. The molecule has 12 aromatic rings. The molecule has 12 rings (SSSR count). The van der Waals surface area contributed by atoms with E-state index in [0.29, 0.717) is 0 Å². The molecule has 0 saturated carbocycles. The number of fused-ring (bicyclic) bond motifs is 12. The van der Waals surface area contributed by atoms with Crippen LogP contribution < -0.4 is 4.90 Å². The summed E-state index contributed by atoms with van der Waals surface area (Å²) in [4.78, 5) is 2.43. The smallest absolute Gasteiger partial charge is 0.0468 e. The quantitative estimate of drug-likeness (QED) is 0.159. The Labute approximate surface area is 342 Å². The van der Waals surface area contributed by atoms with Crippen LogP contribution in [-0.4, -0.2) is 0 Å². The first-order chi connectivity index (χ1) is 29.3. The van der Waals surface area contributed by atoms with Crippen molar-refractivity contribution in [3.8, 4) is 22.3 Å². The molecule has 1 nitrogen and oxygen atoms in total. The summed E-state index contributed by atoms with van der Waals surface area (Å²) in [5.74, 6) is 0. The minimum atomic E-state index is 1.10. The fourth-order valence-electron chi connectivity index (χ4n) is 9.67. The van der Waals surface area contributed by atoms with E-state index in [0.717, 1.165) is 17.1 Å². The highest BCUT2D eigenvalue weighted by atomic mass is 15.1. The molecule has 0 aliphatic carbocycles. The summed E-state index contributed by atoms with van der Waals surface area (Å²) in [5, 5.41) is 17.7. The molecule has 59 heavy (non-hydrogen) atoms. The zero-order chi connectivity index (χ0) is 38.9. The second-order valence-electron chi connectivity index (χ2n) is 15.6. The highest BCUT2D eigenvalue weighted by Crippen LogP contribution is 2.44. The first-order valence-electron chi connectivity index (χ1n) is 20.4. The molecule has 0 radical (unpaired) electrons. The Balaban J connectivity index is 1.07. The summed E-state index contributed by atoms with van der Waals surface area (Å²) in [6.07, 6.45) is 0. The molecule has 0 N–H and O–H groups in total. The van der Waals surface area contributed by atoms with Gasteiger partial charge >= 0.3 is 0 Å². The van der Waals surface area contributed by atoms with Gasteiger partial charge in [-0.3, -0.25) is 0 Å². The van der Waals surface area contributed by atoms with Gasteiger partial charge in [-0.15, -0.1) is 0 Å². The highest BCUT2D eigenvalue weighted by molar-refractivity contribution is 6.26. The van der Waals surface area contributed by atoms with Crippen molar-refractivity contribution in [3.05, 3.63) is 224 Å². The van der Waals surface area contributed by atoms with Gasteiger partial charge in [0.1, 0.15) is 0 Å². The SMILES string of the molecule is c1cc(-c2cc3ccccc3c3ccccc23)cc(N(c2ccc(-c3cc4ccccc4c4ccccc34)cc2)c2ccc3c4ccccc4c4ccccc4c3c2)c1. The fourth-order valence-corrected chi connectivity index (χ4v) is 9.67. The monoisotopic (exact) mass is 747 g/mol. The lowest BCUT2D eigenvalue weighted by Crippen LogP contribution is -2.10. The van der Waals surface area contributed by atoms with Crippen LogP contribution in [0.4, 0.5) is 17.1 Å². The van der Waals surface area contributed by atoms with E-state index >= 15 is 0 Å². The lowest BCUT2D eigenvalue weighted by molar-refractivity contribution is 1.29. The molecule has 274 valence electrons. The first kappa shape index (κ1) is 33.4. The van der Waals surface area contributed by atoms with Crippen LogP contribution >= 0.6 is 0 Å². The molecule has 12 aromatic carbocycles. The second-order valence-corrected chi connectivity index (χ2v) is 15.6. The van der Waals surface area contributed by atoms with E-state index in [4.69, 9.17) is 0 Å². The molecular weight excluding hydrogens is 711 g/mol. The van der Waals surface area contributed by atoms with Crippen LogP contribution in [0.25, 0.3) is 97.7 Å². The maximum Gasteiger partial charge on any atom is 0.0468 e. The predicted molar refractivity (Wildman–Crippen MR) is 255 cm³/mol. The van der Waals surface area contributed by atoms with Gasteiger partial charge in [-0.25, -0.2) is 0 Å². The van der Waals surface area contributed by atoms with Crippen molar-refractivity contribution >= 4 is 92.5 Å². The molecule has 0 atom stereocenters. The number of hydrogen-bond acceptors (Lipinski definition) is 1. The lowest BCUT2D eigenvalue weighted by Gasteiger charge is -2.27. The predicted octanol–water partition coefficient (Wildman–Crippen LogP) is 16.6. The number of nitrogens with zero attached hydrogens (tertiary/aromatic N) is 1. The van der Waals surface area contributed by atoms with Gasteiger partial charge < -0.3 is 4.90 Å². The third-order valence-corrected chi connectivity index (χ3v) is 12.4. The molecular formula is C58H37N. The van der Waals surface area contributed by atoms with E-state index < -0.39 is 0 Å². The van der Waals surface area contributed by atoms with Crippen LogP contribution in [0.15, 0.2) is 224 Å². The van der Waals surface area contributed by atoms with E-state index in [-0.39, 0.29) is 0 Å². The van der Waals surface area contributed by atoms with Crippen LogP contribution in [0, 0.1) is 0 Å². The minimum absolute atomic E-state index is 1.10. The van der Waals surface area contributed by atoms with E-state index in [1.54, 1.807) is 0 Å². The van der Waals surface area contributed by atoms with Crippen molar-refractivity contribution in [2.75, 3.05) is 4.90 Å². The van der Waals surface area contributed by atoms with Crippen LogP contribution in [0.2, 0.25) is 0 Å². The maximum absolute atomic E-state index is 2.43. The average Bonchev–Trinajstić information content (AvgIpc) is 3.31. The standard InChI is InChI=1S/C58H37N/c1-3-18-45-40(14-1)35-56(52-25-10-5-20-47(45)52)38-28-30-42(31-29-38)59(44-32-33-55-51-24-8-7-22-49(51)50-23-9-12-27-54(50)58(55)37-44)43-17-13-16-39(34-43)57-36-41-15-2-4-19-46(41)48-21-6-11-26-53(48)57/h1-37H. The van der Waals surface area contributed by atoms with Gasteiger partial charge in [0.2, 0.25) is 0 Å². The summed E-state index contributed by atoms with van der Waals surface area (Å²) < 4.78 is 0. The summed E-state index contributed by atoms with van der Waals surface area (Å²) >= 11 is 0. The van der Waals surface area contributed by atoms with Crippen LogP contribution in [0.3, 0.4) is 0 Å². The van der Waals surface area contributed by atoms with Gasteiger partial charge in [0.25, 0.3) is 0 Å². The van der Waals surface area contributed by atoms with E-state index in [9.17, 15) is 0 Å². The van der Waals surface area contributed by atoms with Crippen LogP contribution in [0.5, 0.6) is 0 Å². The Morgan fingerprint density at radius 2 is 0.593 bits per heavy atom. The Morgan fingerprint density at radius 1 is 0.203 bits per heavy atom. The molecule has 0 aliphatic rings. The molecule has 0 unspecified atom stereocenters. The van der Waals surface area contributed by atoms with Crippen molar-refractivity contribution in [1.82, 2.24) is 0 Å². The molecule has 0 fully saturated rings. The van der Waals surface area contributed by atoms with E-state index in [2.05, 4.69) is 229 Å². The van der Waals surface area contributed by atoms with E-state index in [1.165, 1.54) is 97.7 Å². The Bertz CT molecular complexity index is 3580. The molecule has 1 heteroatoms. The van der Waals surface area contributed by atoms with Gasteiger partial charge in [0.05, 0.1) is 0 Å². The normalized spacial score (nSPS) is 11.7. The van der Waals surface area contributed by atoms with Gasteiger partial charge in [-0.1, -0.05) is 176 Å². The Kier molecular flexibility index (Phi) is 7.61.